The standard InChI is InChI=1S/C25H26N2O6/c1-17-23(26-18(2)32-17)9-5-7-19-6-4-8-20(14-19)15-27(16-24(28)29)25(30)33-22-12-10-21(31-3)11-13-22/h4-8,10-14H,9,15-16H2,1-3H3,(H,28,29)/b7-5-. The maximum absolute atomic E-state index is 12.6. The van der Waals surface area contributed by atoms with E-state index in [9.17, 15) is 14.7 Å². The zero-order valence-electron chi connectivity index (χ0n) is 18.8. The molecule has 0 bridgehead atoms. The van der Waals surface area contributed by atoms with Gasteiger partial charge >= 0.3 is 12.1 Å². The van der Waals surface area contributed by atoms with Crippen LogP contribution in [-0.2, 0) is 17.8 Å². The number of aliphatic carboxylic acids is 1. The molecule has 0 fully saturated rings. The first-order chi connectivity index (χ1) is 15.8. The summed E-state index contributed by atoms with van der Waals surface area (Å²) in [6, 6.07) is 14.0. The summed E-state index contributed by atoms with van der Waals surface area (Å²) in [6.45, 7) is 3.29. The summed E-state index contributed by atoms with van der Waals surface area (Å²) in [4.78, 5) is 29.4. The van der Waals surface area contributed by atoms with Crippen molar-refractivity contribution in [3.8, 4) is 11.5 Å². The van der Waals surface area contributed by atoms with Crippen LogP contribution in [0.3, 0.4) is 0 Å². The molecule has 3 aromatic rings. The van der Waals surface area contributed by atoms with Gasteiger partial charge in [-0.25, -0.2) is 9.78 Å². The molecule has 1 amide bonds. The number of benzene rings is 2. The maximum Gasteiger partial charge on any atom is 0.416 e. The fourth-order valence-corrected chi connectivity index (χ4v) is 3.24. The van der Waals surface area contributed by atoms with Gasteiger partial charge in [-0.3, -0.25) is 9.69 Å². The fraction of sp³-hybridized carbons (Fsp3) is 0.240. The first kappa shape index (κ1) is 23.6. The molecule has 0 saturated carbocycles. The molecule has 8 heteroatoms. The van der Waals surface area contributed by atoms with Gasteiger partial charge < -0.3 is 19.0 Å². The molecule has 172 valence electrons. The number of hydrogen-bond acceptors (Lipinski definition) is 6. The summed E-state index contributed by atoms with van der Waals surface area (Å²) in [6.07, 6.45) is 3.81. The first-order valence-electron chi connectivity index (χ1n) is 10.3. The van der Waals surface area contributed by atoms with E-state index in [4.69, 9.17) is 13.9 Å². The summed E-state index contributed by atoms with van der Waals surface area (Å²) in [5.41, 5.74) is 2.58. The van der Waals surface area contributed by atoms with E-state index in [1.165, 1.54) is 7.11 Å². The highest BCUT2D eigenvalue weighted by Crippen LogP contribution is 2.19. The van der Waals surface area contributed by atoms with E-state index in [0.29, 0.717) is 23.8 Å². The lowest BCUT2D eigenvalue weighted by Gasteiger charge is -2.20. The maximum atomic E-state index is 12.6. The van der Waals surface area contributed by atoms with Crippen molar-refractivity contribution in [2.24, 2.45) is 0 Å². The molecule has 1 N–H and O–H groups in total. The van der Waals surface area contributed by atoms with E-state index in [-0.39, 0.29) is 6.54 Å². The number of carboxylic acid groups (broad SMARTS) is 1. The molecule has 8 nitrogen and oxygen atoms in total. The van der Waals surface area contributed by atoms with E-state index in [1.807, 2.05) is 50.3 Å². The van der Waals surface area contributed by atoms with Gasteiger partial charge in [-0.2, -0.15) is 0 Å². The second-order valence-corrected chi connectivity index (χ2v) is 7.38. The number of aromatic nitrogens is 1. The molecule has 2 aromatic carbocycles. The molecule has 1 aromatic heterocycles. The van der Waals surface area contributed by atoms with Crippen LogP contribution in [0, 0.1) is 13.8 Å². The van der Waals surface area contributed by atoms with E-state index in [1.54, 1.807) is 24.3 Å². The van der Waals surface area contributed by atoms with Gasteiger partial charge in [0, 0.05) is 19.9 Å². The quantitative estimate of drug-likeness (QED) is 0.507. The summed E-state index contributed by atoms with van der Waals surface area (Å²) in [5.74, 6) is 1.22. The Morgan fingerprint density at radius 3 is 2.48 bits per heavy atom. The predicted octanol–water partition coefficient (Wildman–Crippen LogP) is 4.64. The molecule has 0 aliphatic heterocycles. The second kappa shape index (κ2) is 11.0. The van der Waals surface area contributed by atoms with Crippen LogP contribution >= 0.6 is 0 Å². The number of allylic oxidation sites excluding steroid dienone is 1. The molecular weight excluding hydrogens is 424 g/mol. The highest BCUT2D eigenvalue weighted by molar-refractivity contribution is 5.78. The lowest BCUT2D eigenvalue weighted by molar-refractivity contribution is -0.138. The number of hydrogen-bond donors (Lipinski definition) is 1. The van der Waals surface area contributed by atoms with Crippen molar-refractivity contribution in [1.29, 1.82) is 0 Å². The zero-order valence-corrected chi connectivity index (χ0v) is 18.8. The van der Waals surface area contributed by atoms with E-state index in [0.717, 1.165) is 27.5 Å². The number of nitrogens with zero attached hydrogens (tertiary/aromatic N) is 2. The average Bonchev–Trinajstić information content (AvgIpc) is 3.10. The molecule has 33 heavy (non-hydrogen) atoms. The third kappa shape index (κ3) is 6.96. The van der Waals surface area contributed by atoms with E-state index in [2.05, 4.69) is 4.98 Å². The van der Waals surface area contributed by atoms with E-state index >= 15 is 0 Å². The van der Waals surface area contributed by atoms with Gasteiger partial charge in [0.05, 0.1) is 12.8 Å². The summed E-state index contributed by atoms with van der Waals surface area (Å²) in [7, 11) is 1.54. The molecule has 0 aliphatic rings. The Morgan fingerprint density at radius 2 is 1.85 bits per heavy atom. The molecule has 0 spiro atoms. The van der Waals surface area contributed by atoms with Crippen LogP contribution < -0.4 is 9.47 Å². The Kier molecular flexibility index (Phi) is 7.86. The minimum atomic E-state index is -1.13. The number of carboxylic acids is 1. The number of carbonyl (C=O) groups is 2. The third-order valence-corrected chi connectivity index (χ3v) is 4.79. The van der Waals surface area contributed by atoms with Gasteiger partial charge in [-0.1, -0.05) is 30.4 Å². The lowest BCUT2D eigenvalue weighted by Crippen LogP contribution is -2.37. The molecular formula is C25H26N2O6. The van der Waals surface area contributed by atoms with Crippen LogP contribution in [0.15, 0.2) is 59.0 Å². The Balaban J connectivity index is 1.68. The number of aryl methyl sites for hydroxylation is 2. The third-order valence-electron chi connectivity index (χ3n) is 4.79. The fourth-order valence-electron chi connectivity index (χ4n) is 3.24. The monoisotopic (exact) mass is 450 g/mol. The highest BCUT2D eigenvalue weighted by Gasteiger charge is 2.19. The number of methoxy groups -OCH3 is 1. The molecule has 0 atom stereocenters. The van der Waals surface area contributed by atoms with Gasteiger partial charge in [0.15, 0.2) is 5.89 Å². The summed E-state index contributed by atoms with van der Waals surface area (Å²) >= 11 is 0. The van der Waals surface area contributed by atoms with Crippen LogP contribution in [0.25, 0.3) is 6.08 Å². The Morgan fingerprint density at radius 1 is 1.12 bits per heavy atom. The van der Waals surface area contributed by atoms with Crippen molar-refractivity contribution < 1.29 is 28.6 Å². The van der Waals surface area contributed by atoms with Crippen LogP contribution in [0.5, 0.6) is 11.5 Å². The zero-order chi connectivity index (χ0) is 23.8. The molecule has 1 heterocycles. The number of ether oxygens (including phenoxy) is 2. The van der Waals surface area contributed by atoms with Gasteiger partial charge in [0.2, 0.25) is 0 Å². The Hall–Kier alpha value is -4.07. The highest BCUT2D eigenvalue weighted by atomic mass is 16.6. The number of rotatable bonds is 9. The minimum absolute atomic E-state index is 0.0879. The van der Waals surface area contributed by atoms with Crippen LogP contribution in [0.2, 0.25) is 0 Å². The smallest absolute Gasteiger partial charge is 0.416 e. The van der Waals surface area contributed by atoms with Gasteiger partial charge in [-0.05, 0) is 48.4 Å². The van der Waals surface area contributed by atoms with Crippen molar-refractivity contribution in [2.75, 3.05) is 13.7 Å². The first-order valence-corrected chi connectivity index (χ1v) is 10.3. The van der Waals surface area contributed by atoms with Crippen LogP contribution in [0.4, 0.5) is 4.79 Å². The average molecular weight is 450 g/mol. The van der Waals surface area contributed by atoms with Crippen molar-refractivity contribution in [1.82, 2.24) is 9.88 Å². The molecule has 0 aliphatic carbocycles. The number of carbonyl (C=O) groups excluding carboxylic acids is 1. The number of amides is 1. The van der Waals surface area contributed by atoms with Crippen molar-refractivity contribution >= 4 is 18.1 Å². The van der Waals surface area contributed by atoms with Gasteiger partial charge in [0.25, 0.3) is 0 Å². The largest absolute Gasteiger partial charge is 0.497 e. The Labute approximate surface area is 192 Å². The van der Waals surface area contributed by atoms with E-state index < -0.39 is 18.6 Å². The normalized spacial score (nSPS) is 10.9. The van der Waals surface area contributed by atoms with Crippen LogP contribution in [0.1, 0.15) is 28.5 Å². The summed E-state index contributed by atoms with van der Waals surface area (Å²) < 4.78 is 15.9. The SMILES string of the molecule is COc1ccc(OC(=O)N(CC(=O)O)Cc2cccc(/C=C\Cc3nc(C)oc3C)c2)cc1. The molecule has 0 unspecified atom stereocenters. The molecule has 0 radical (unpaired) electrons. The molecule has 3 rings (SSSR count). The van der Waals surface area contributed by atoms with Crippen molar-refractivity contribution in [3.05, 3.63) is 83.1 Å². The minimum Gasteiger partial charge on any atom is -0.497 e. The molecule has 0 saturated heterocycles. The van der Waals surface area contributed by atoms with Gasteiger partial charge in [0.1, 0.15) is 23.8 Å². The predicted molar refractivity (Wildman–Crippen MR) is 122 cm³/mol. The van der Waals surface area contributed by atoms with Crippen molar-refractivity contribution in [2.45, 2.75) is 26.8 Å². The topological polar surface area (TPSA) is 102 Å². The Bertz CT molecular complexity index is 1130. The van der Waals surface area contributed by atoms with Crippen molar-refractivity contribution in [3.63, 3.8) is 0 Å². The summed E-state index contributed by atoms with van der Waals surface area (Å²) in [5, 5.41) is 9.26. The van der Waals surface area contributed by atoms with Gasteiger partial charge in [-0.15, -0.1) is 0 Å². The van der Waals surface area contributed by atoms with Crippen LogP contribution in [-0.4, -0.2) is 40.7 Å². The lowest BCUT2D eigenvalue weighted by atomic mass is 10.1. The second-order valence-electron chi connectivity index (χ2n) is 7.38. The number of oxazole rings is 1.